The lowest BCUT2D eigenvalue weighted by molar-refractivity contribution is 0.0898. The molecule has 0 aliphatic carbocycles. The van der Waals surface area contributed by atoms with Crippen molar-refractivity contribution in [1.82, 2.24) is 30.6 Å². The highest BCUT2D eigenvalue weighted by Gasteiger charge is 2.17. The number of aryl methyl sites for hydroxylation is 1. The first kappa shape index (κ1) is 22.3. The summed E-state index contributed by atoms with van der Waals surface area (Å²) in [5.41, 5.74) is 1.98. The number of carbonyl (C=O) groups excluding carboxylic acids is 2. The third-order valence-electron chi connectivity index (χ3n) is 4.37. The van der Waals surface area contributed by atoms with Crippen LogP contribution in [0.25, 0.3) is 0 Å². The van der Waals surface area contributed by atoms with Gasteiger partial charge in [0.05, 0.1) is 23.0 Å². The van der Waals surface area contributed by atoms with Gasteiger partial charge in [0.25, 0.3) is 5.91 Å². The van der Waals surface area contributed by atoms with Crippen LogP contribution in [0.1, 0.15) is 45.2 Å². The van der Waals surface area contributed by atoms with Gasteiger partial charge in [0.2, 0.25) is 0 Å². The number of amides is 2. The summed E-state index contributed by atoms with van der Waals surface area (Å²) in [6.45, 7) is 6.75. The average molecular weight is 447 g/mol. The van der Waals surface area contributed by atoms with Crippen molar-refractivity contribution in [2.24, 2.45) is 0 Å². The van der Waals surface area contributed by atoms with E-state index in [1.165, 1.54) is 0 Å². The molecule has 0 spiro atoms. The fraction of sp³-hybridized carbons (Fsp3) is 0.350. The molecule has 2 N–H and O–H groups in total. The normalized spacial score (nSPS) is 10.7. The summed E-state index contributed by atoms with van der Waals surface area (Å²) in [6.07, 6.45) is 0. The van der Waals surface area contributed by atoms with Crippen LogP contribution in [0, 0.1) is 13.8 Å². The summed E-state index contributed by atoms with van der Waals surface area (Å²) in [5, 5.41) is 14.0. The molecular weight excluding hydrogens is 424 g/mol. The maximum absolute atomic E-state index is 12.2. The second kappa shape index (κ2) is 10.1. The molecule has 3 rings (SSSR count). The maximum Gasteiger partial charge on any atom is 0.316 e. The molecular formula is C20H23ClN6O4. The van der Waals surface area contributed by atoms with E-state index in [1.807, 2.05) is 13.8 Å². The molecule has 2 amide bonds. The molecule has 0 bridgehead atoms. The van der Waals surface area contributed by atoms with Gasteiger partial charge >= 0.3 is 11.8 Å². The molecule has 1 aromatic carbocycles. The van der Waals surface area contributed by atoms with Crippen LogP contribution in [0.5, 0.6) is 5.75 Å². The summed E-state index contributed by atoms with van der Waals surface area (Å²) in [7, 11) is 0. The summed E-state index contributed by atoms with van der Waals surface area (Å²) < 4.78 is 12.0. The Balaban J connectivity index is 1.44. The van der Waals surface area contributed by atoms with Crippen molar-refractivity contribution in [3.63, 3.8) is 0 Å². The first-order chi connectivity index (χ1) is 14.9. The number of nitrogens with zero attached hydrogens (tertiary/aromatic N) is 4. The van der Waals surface area contributed by atoms with Crippen LogP contribution in [0.2, 0.25) is 5.02 Å². The van der Waals surface area contributed by atoms with Crippen LogP contribution in [-0.4, -0.2) is 51.4 Å². The van der Waals surface area contributed by atoms with E-state index in [0.29, 0.717) is 34.5 Å². The quantitative estimate of drug-likeness (QED) is 0.482. The zero-order valence-electron chi connectivity index (χ0n) is 17.4. The Bertz CT molecular complexity index is 1060. The topological polar surface area (TPSA) is 124 Å². The van der Waals surface area contributed by atoms with E-state index >= 15 is 0 Å². The number of hydrogen-bond donors (Lipinski definition) is 2. The molecule has 164 valence electrons. The van der Waals surface area contributed by atoms with Crippen molar-refractivity contribution in [3.05, 3.63) is 58.0 Å². The number of hydrogen-bond acceptors (Lipinski definition) is 7. The van der Waals surface area contributed by atoms with E-state index in [0.717, 1.165) is 5.69 Å². The van der Waals surface area contributed by atoms with E-state index in [-0.39, 0.29) is 31.4 Å². The van der Waals surface area contributed by atoms with Crippen LogP contribution in [-0.2, 0) is 6.54 Å². The van der Waals surface area contributed by atoms with Gasteiger partial charge in [0.1, 0.15) is 12.3 Å². The van der Waals surface area contributed by atoms with Gasteiger partial charge in [-0.3, -0.25) is 14.3 Å². The number of carbonyl (C=O) groups is 2. The molecule has 2 heterocycles. The molecule has 31 heavy (non-hydrogen) atoms. The third kappa shape index (κ3) is 5.60. The lowest BCUT2D eigenvalue weighted by Gasteiger charge is -2.07. The van der Waals surface area contributed by atoms with E-state index in [2.05, 4.69) is 25.9 Å². The molecule has 10 nitrogen and oxygen atoms in total. The highest BCUT2D eigenvalue weighted by molar-refractivity contribution is 6.31. The predicted molar refractivity (Wildman–Crippen MR) is 112 cm³/mol. The Labute approximate surface area is 183 Å². The second-order valence-corrected chi connectivity index (χ2v) is 7.01. The highest BCUT2D eigenvalue weighted by Crippen LogP contribution is 2.19. The molecule has 0 aliphatic heterocycles. The summed E-state index contributed by atoms with van der Waals surface area (Å²) in [4.78, 5) is 28.4. The van der Waals surface area contributed by atoms with Crippen molar-refractivity contribution in [2.45, 2.75) is 27.3 Å². The predicted octanol–water partition coefficient (Wildman–Crippen LogP) is 2.14. The van der Waals surface area contributed by atoms with Crippen molar-refractivity contribution in [2.75, 3.05) is 19.7 Å². The van der Waals surface area contributed by atoms with Gasteiger partial charge in [-0.1, -0.05) is 16.8 Å². The van der Waals surface area contributed by atoms with Crippen molar-refractivity contribution >= 4 is 23.4 Å². The Kier molecular flexibility index (Phi) is 7.24. The number of halogens is 1. The van der Waals surface area contributed by atoms with Gasteiger partial charge < -0.3 is 19.9 Å². The van der Waals surface area contributed by atoms with Gasteiger partial charge in [-0.15, -0.1) is 0 Å². The Morgan fingerprint density at radius 1 is 1.13 bits per heavy atom. The minimum Gasteiger partial charge on any atom is -0.494 e. The fourth-order valence-corrected chi connectivity index (χ4v) is 2.91. The van der Waals surface area contributed by atoms with Gasteiger partial charge in [0, 0.05) is 18.7 Å². The molecule has 0 atom stereocenters. The number of rotatable bonds is 9. The van der Waals surface area contributed by atoms with Crippen molar-refractivity contribution in [3.8, 4) is 5.75 Å². The molecule has 0 radical (unpaired) electrons. The molecule has 0 saturated heterocycles. The molecule has 11 heteroatoms. The Hall–Kier alpha value is -3.40. The summed E-state index contributed by atoms with van der Waals surface area (Å²) >= 11 is 6.12. The van der Waals surface area contributed by atoms with Gasteiger partial charge in [-0.25, -0.2) is 0 Å². The minimum atomic E-state index is -0.527. The molecule has 3 aromatic rings. The van der Waals surface area contributed by atoms with Crippen LogP contribution < -0.4 is 15.4 Å². The van der Waals surface area contributed by atoms with E-state index in [1.54, 1.807) is 35.9 Å². The number of ether oxygens (including phenoxy) is 1. The van der Waals surface area contributed by atoms with Crippen LogP contribution >= 0.6 is 11.6 Å². The molecule has 0 saturated carbocycles. The number of nitrogens with one attached hydrogen (secondary N) is 2. The number of aromatic nitrogens is 4. The molecule has 0 aliphatic rings. The van der Waals surface area contributed by atoms with Crippen LogP contribution in [0.4, 0.5) is 0 Å². The summed E-state index contributed by atoms with van der Waals surface area (Å²) in [5.74, 6) is 0.0595. The maximum atomic E-state index is 12.2. The van der Waals surface area contributed by atoms with E-state index in [4.69, 9.17) is 20.9 Å². The lowest BCUT2D eigenvalue weighted by Crippen LogP contribution is -2.34. The van der Waals surface area contributed by atoms with Crippen molar-refractivity contribution < 1.29 is 18.8 Å². The Morgan fingerprint density at radius 2 is 1.81 bits per heavy atom. The first-order valence-corrected chi connectivity index (χ1v) is 10.1. The second-order valence-electron chi connectivity index (χ2n) is 6.63. The van der Waals surface area contributed by atoms with E-state index in [9.17, 15) is 9.59 Å². The summed E-state index contributed by atoms with van der Waals surface area (Å²) in [6, 6.07) is 6.81. The molecule has 2 aromatic heterocycles. The lowest BCUT2D eigenvalue weighted by atomic mass is 10.2. The first-order valence-electron chi connectivity index (χ1n) is 9.70. The molecule has 0 fully saturated rings. The third-order valence-corrected chi connectivity index (χ3v) is 4.92. The van der Waals surface area contributed by atoms with Gasteiger partial charge in [0.15, 0.2) is 5.82 Å². The number of benzene rings is 1. The zero-order chi connectivity index (χ0) is 22.4. The van der Waals surface area contributed by atoms with Crippen molar-refractivity contribution in [1.29, 1.82) is 0 Å². The van der Waals surface area contributed by atoms with E-state index < -0.39 is 5.91 Å². The van der Waals surface area contributed by atoms with Crippen LogP contribution in [0.3, 0.4) is 0 Å². The Morgan fingerprint density at radius 3 is 2.42 bits per heavy atom. The average Bonchev–Trinajstić information content (AvgIpc) is 3.32. The zero-order valence-corrected chi connectivity index (χ0v) is 18.2. The fourth-order valence-electron chi connectivity index (χ4n) is 2.77. The molecule has 0 unspecified atom stereocenters. The highest BCUT2D eigenvalue weighted by atomic mass is 35.5. The van der Waals surface area contributed by atoms with Crippen LogP contribution in [0.15, 0.2) is 28.8 Å². The largest absolute Gasteiger partial charge is 0.494 e. The van der Waals surface area contributed by atoms with Gasteiger partial charge in [-0.2, -0.15) is 10.1 Å². The van der Waals surface area contributed by atoms with Gasteiger partial charge in [-0.05, 0) is 45.0 Å². The SMILES string of the molecule is CCOc1ccc(C(=O)NCCNC(=O)c2nc(Cn3nc(C)c(Cl)c3C)no2)cc1. The standard InChI is InChI=1S/C20H23ClN6O4/c1-4-30-15-7-5-14(6-8-15)18(28)22-9-10-23-19(29)20-24-16(26-31-20)11-27-13(3)17(21)12(2)25-27/h5-8H,4,9-11H2,1-3H3,(H,22,28)(H,23,29). The monoisotopic (exact) mass is 446 g/mol. The smallest absolute Gasteiger partial charge is 0.316 e. The minimum absolute atomic E-state index is 0.166.